The molecule has 1 heterocycles. The standard InChI is InChI=1S/C9H14N4O2S/c1-2-7(9(14)15)16-5-8-10-11-12-13(8)6-3-4-6/h6-7H,2-5H2,1H3,(H,14,15). The zero-order chi connectivity index (χ0) is 11.5. The molecule has 0 aromatic carbocycles. The van der Waals surface area contributed by atoms with Gasteiger partial charge in [0.25, 0.3) is 0 Å². The fraction of sp³-hybridized carbons (Fsp3) is 0.778. The van der Waals surface area contributed by atoms with Crippen molar-refractivity contribution < 1.29 is 9.90 Å². The maximum Gasteiger partial charge on any atom is 0.316 e. The van der Waals surface area contributed by atoms with E-state index in [1.807, 2.05) is 11.6 Å². The van der Waals surface area contributed by atoms with Crippen LogP contribution in [0.4, 0.5) is 0 Å². The van der Waals surface area contributed by atoms with Crippen LogP contribution in [0.25, 0.3) is 0 Å². The SMILES string of the molecule is CCC(SCc1nnnn1C1CC1)C(=O)O. The Morgan fingerprint density at radius 2 is 2.44 bits per heavy atom. The van der Waals surface area contributed by atoms with Gasteiger partial charge in [0.15, 0.2) is 5.82 Å². The van der Waals surface area contributed by atoms with E-state index < -0.39 is 5.97 Å². The molecule has 0 aliphatic heterocycles. The number of carboxylic acids is 1. The highest BCUT2D eigenvalue weighted by Gasteiger charge is 2.28. The molecule has 2 rings (SSSR count). The molecule has 7 heteroatoms. The fourth-order valence-electron chi connectivity index (χ4n) is 1.45. The Balaban J connectivity index is 1.93. The summed E-state index contributed by atoms with van der Waals surface area (Å²) >= 11 is 1.38. The molecule has 0 spiro atoms. The number of thioether (sulfide) groups is 1. The number of hydrogen-bond acceptors (Lipinski definition) is 5. The van der Waals surface area contributed by atoms with E-state index in [2.05, 4.69) is 15.5 Å². The number of tetrazole rings is 1. The van der Waals surface area contributed by atoms with Crippen LogP contribution in [-0.4, -0.2) is 36.5 Å². The van der Waals surface area contributed by atoms with E-state index in [9.17, 15) is 4.79 Å². The molecule has 1 aromatic rings. The molecular weight excluding hydrogens is 228 g/mol. The third kappa shape index (κ3) is 2.52. The highest BCUT2D eigenvalue weighted by Crippen LogP contribution is 2.35. The van der Waals surface area contributed by atoms with Crippen LogP contribution in [0.5, 0.6) is 0 Å². The van der Waals surface area contributed by atoms with E-state index in [-0.39, 0.29) is 5.25 Å². The Hall–Kier alpha value is -1.11. The summed E-state index contributed by atoms with van der Waals surface area (Å²) in [6, 6.07) is 0.440. The normalized spacial score (nSPS) is 17.3. The Kier molecular flexibility index (Phi) is 3.42. The monoisotopic (exact) mass is 242 g/mol. The topological polar surface area (TPSA) is 80.9 Å². The summed E-state index contributed by atoms with van der Waals surface area (Å²) in [5.41, 5.74) is 0. The third-order valence-electron chi connectivity index (χ3n) is 2.51. The molecule has 1 aromatic heterocycles. The minimum Gasteiger partial charge on any atom is -0.480 e. The number of aliphatic carboxylic acids is 1. The predicted molar refractivity (Wildman–Crippen MR) is 59.1 cm³/mol. The molecule has 0 radical (unpaired) electrons. The van der Waals surface area contributed by atoms with Gasteiger partial charge < -0.3 is 5.11 Å². The molecule has 1 unspecified atom stereocenters. The first-order valence-corrected chi connectivity index (χ1v) is 6.38. The number of rotatable bonds is 6. The van der Waals surface area contributed by atoms with Gasteiger partial charge in [-0.1, -0.05) is 6.92 Å². The van der Waals surface area contributed by atoms with E-state index in [0.29, 0.717) is 18.2 Å². The molecule has 0 amide bonds. The van der Waals surface area contributed by atoms with Crippen molar-refractivity contribution in [2.45, 2.75) is 43.2 Å². The van der Waals surface area contributed by atoms with Gasteiger partial charge in [-0.3, -0.25) is 4.79 Å². The smallest absolute Gasteiger partial charge is 0.316 e. The second kappa shape index (κ2) is 4.82. The van der Waals surface area contributed by atoms with Gasteiger partial charge in [0, 0.05) is 0 Å². The largest absolute Gasteiger partial charge is 0.480 e. The molecule has 0 bridgehead atoms. The Morgan fingerprint density at radius 1 is 1.69 bits per heavy atom. The molecule has 1 aliphatic carbocycles. The summed E-state index contributed by atoms with van der Waals surface area (Å²) in [4.78, 5) is 10.8. The maximum atomic E-state index is 10.8. The molecule has 1 aliphatic rings. The van der Waals surface area contributed by atoms with E-state index in [0.717, 1.165) is 18.7 Å². The lowest BCUT2D eigenvalue weighted by atomic mass is 10.3. The summed E-state index contributed by atoms with van der Waals surface area (Å²) in [6.45, 7) is 1.87. The molecule has 1 saturated carbocycles. The number of nitrogens with zero attached hydrogens (tertiary/aromatic N) is 4. The average molecular weight is 242 g/mol. The van der Waals surface area contributed by atoms with Crippen molar-refractivity contribution in [1.29, 1.82) is 0 Å². The van der Waals surface area contributed by atoms with Gasteiger partial charge in [-0.25, -0.2) is 4.68 Å². The first kappa shape index (κ1) is 11.4. The molecule has 1 N–H and O–H groups in total. The van der Waals surface area contributed by atoms with Crippen LogP contribution in [0.3, 0.4) is 0 Å². The molecule has 16 heavy (non-hydrogen) atoms. The summed E-state index contributed by atoms with van der Waals surface area (Å²) < 4.78 is 1.82. The lowest BCUT2D eigenvalue weighted by Crippen LogP contribution is -2.16. The van der Waals surface area contributed by atoms with Gasteiger partial charge in [0.1, 0.15) is 5.25 Å². The quantitative estimate of drug-likeness (QED) is 0.804. The van der Waals surface area contributed by atoms with E-state index in [1.165, 1.54) is 11.8 Å². The van der Waals surface area contributed by atoms with Gasteiger partial charge in [-0.2, -0.15) is 0 Å². The van der Waals surface area contributed by atoms with Crippen molar-refractivity contribution in [2.24, 2.45) is 0 Å². The third-order valence-corrected chi connectivity index (χ3v) is 3.88. The van der Waals surface area contributed by atoms with Crippen molar-refractivity contribution in [3.63, 3.8) is 0 Å². The molecule has 1 atom stereocenters. The van der Waals surface area contributed by atoms with Crippen LogP contribution >= 0.6 is 11.8 Å². The summed E-state index contributed by atoms with van der Waals surface area (Å²) in [5.74, 6) is 0.582. The Morgan fingerprint density at radius 3 is 3.00 bits per heavy atom. The molecule has 6 nitrogen and oxygen atoms in total. The zero-order valence-electron chi connectivity index (χ0n) is 9.04. The van der Waals surface area contributed by atoms with Crippen molar-refractivity contribution in [3.05, 3.63) is 5.82 Å². The molecule has 1 fully saturated rings. The van der Waals surface area contributed by atoms with E-state index in [1.54, 1.807) is 0 Å². The van der Waals surface area contributed by atoms with Crippen molar-refractivity contribution in [2.75, 3.05) is 0 Å². The first-order chi connectivity index (χ1) is 7.72. The van der Waals surface area contributed by atoms with Gasteiger partial charge in [-0.15, -0.1) is 16.9 Å². The van der Waals surface area contributed by atoms with Gasteiger partial charge in [-0.05, 0) is 29.7 Å². The van der Waals surface area contributed by atoms with Gasteiger partial charge in [0.05, 0.1) is 11.8 Å². The summed E-state index contributed by atoms with van der Waals surface area (Å²) in [6.07, 6.45) is 2.86. The number of carboxylic acid groups (broad SMARTS) is 1. The second-order valence-corrected chi connectivity index (χ2v) is 5.01. The van der Waals surface area contributed by atoms with Gasteiger partial charge in [0.2, 0.25) is 0 Å². The molecule has 88 valence electrons. The minimum absolute atomic E-state index is 0.371. The fourth-order valence-corrected chi connectivity index (χ4v) is 2.37. The van der Waals surface area contributed by atoms with Crippen LogP contribution in [0, 0.1) is 0 Å². The minimum atomic E-state index is -0.766. The first-order valence-electron chi connectivity index (χ1n) is 5.33. The van der Waals surface area contributed by atoms with E-state index in [4.69, 9.17) is 5.11 Å². The predicted octanol–water partition coefficient (Wildman–Crippen LogP) is 1.10. The number of hydrogen-bond donors (Lipinski definition) is 1. The zero-order valence-corrected chi connectivity index (χ0v) is 9.85. The highest BCUT2D eigenvalue weighted by atomic mass is 32.2. The van der Waals surface area contributed by atoms with Crippen LogP contribution in [0.2, 0.25) is 0 Å². The van der Waals surface area contributed by atoms with Crippen LogP contribution in [0.15, 0.2) is 0 Å². The summed E-state index contributed by atoms with van der Waals surface area (Å²) in [7, 11) is 0. The van der Waals surface area contributed by atoms with Crippen molar-refractivity contribution in [1.82, 2.24) is 20.2 Å². The van der Waals surface area contributed by atoms with Crippen LogP contribution in [-0.2, 0) is 10.5 Å². The maximum absolute atomic E-state index is 10.8. The van der Waals surface area contributed by atoms with Crippen molar-refractivity contribution in [3.8, 4) is 0 Å². The number of aromatic nitrogens is 4. The van der Waals surface area contributed by atoms with E-state index >= 15 is 0 Å². The molecule has 0 saturated heterocycles. The Labute approximate surface area is 97.4 Å². The average Bonchev–Trinajstić information content (AvgIpc) is 2.99. The van der Waals surface area contributed by atoms with Crippen molar-refractivity contribution >= 4 is 17.7 Å². The van der Waals surface area contributed by atoms with Crippen LogP contribution < -0.4 is 0 Å². The Bertz CT molecular complexity index is 377. The summed E-state index contributed by atoms with van der Waals surface area (Å²) in [5, 5.41) is 20.0. The van der Waals surface area contributed by atoms with Gasteiger partial charge >= 0.3 is 5.97 Å². The second-order valence-electron chi connectivity index (χ2n) is 3.82. The van der Waals surface area contributed by atoms with Crippen LogP contribution in [0.1, 0.15) is 38.1 Å². The highest BCUT2D eigenvalue weighted by molar-refractivity contribution is 7.99. The lowest BCUT2D eigenvalue weighted by Gasteiger charge is -2.08. The molecular formula is C9H14N4O2S. The lowest BCUT2D eigenvalue weighted by molar-refractivity contribution is -0.136. The number of carbonyl (C=O) groups is 1.